The molecule has 3 N–H and O–H groups in total. The number of esters is 1. The van der Waals surface area contributed by atoms with Crippen molar-refractivity contribution in [2.45, 2.75) is 32.7 Å². The molecule has 0 unspecified atom stereocenters. The highest BCUT2D eigenvalue weighted by Crippen LogP contribution is 2.15. The van der Waals surface area contributed by atoms with Crippen molar-refractivity contribution in [1.29, 1.82) is 0 Å². The first-order valence-corrected chi connectivity index (χ1v) is 6.16. The lowest BCUT2D eigenvalue weighted by atomic mass is 10.1. The minimum Gasteiger partial charge on any atom is -0.480 e. The fraction of sp³-hybridized carbons (Fsp3) is 0.429. The molecule has 19 heavy (non-hydrogen) atoms. The van der Waals surface area contributed by atoms with E-state index in [1.54, 1.807) is 24.3 Å². The predicted molar refractivity (Wildman–Crippen MR) is 70.8 cm³/mol. The van der Waals surface area contributed by atoms with Crippen molar-refractivity contribution in [3.63, 3.8) is 0 Å². The van der Waals surface area contributed by atoms with Crippen molar-refractivity contribution in [2.75, 3.05) is 0 Å². The summed E-state index contributed by atoms with van der Waals surface area (Å²) in [5.41, 5.74) is 6.23. The zero-order chi connectivity index (χ0) is 14.4. The van der Waals surface area contributed by atoms with Crippen molar-refractivity contribution in [1.82, 2.24) is 0 Å². The highest BCUT2D eigenvalue weighted by molar-refractivity contribution is 5.73. The maximum Gasteiger partial charge on any atom is 0.320 e. The molecule has 0 aliphatic carbocycles. The molecule has 104 valence electrons. The van der Waals surface area contributed by atoms with Gasteiger partial charge in [0.15, 0.2) is 0 Å². The monoisotopic (exact) mass is 265 g/mol. The summed E-state index contributed by atoms with van der Waals surface area (Å²) in [5, 5.41) is 8.71. The molecule has 0 aliphatic heterocycles. The number of carbonyl (C=O) groups is 2. The SMILES string of the molecule is CC(C)CC(=O)Oc1ccc(C[C@H](N)C(=O)O)cc1. The van der Waals surface area contributed by atoms with Gasteiger partial charge in [-0.05, 0) is 30.0 Å². The molecule has 0 aromatic heterocycles. The molecule has 0 heterocycles. The van der Waals surface area contributed by atoms with Gasteiger partial charge in [0, 0.05) is 6.42 Å². The molecule has 1 aromatic carbocycles. The van der Waals surface area contributed by atoms with Gasteiger partial charge in [-0.1, -0.05) is 26.0 Å². The third-order valence-corrected chi connectivity index (χ3v) is 2.50. The Labute approximate surface area is 112 Å². The van der Waals surface area contributed by atoms with Gasteiger partial charge in [0.1, 0.15) is 11.8 Å². The van der Waals surface area contributed by atoms with Gasteiger partial charge in [-0.3, -0.25) is 9.59 Å². The molecule has 0 bridgehead atoms. The molecule has 5 heteroatoms. The Balaban J connectivity index is 2.56. The van der Waals surface area contributed by atoms with E-state index in [1.807, 2.05) is 13.8 Å². The first-order valence-electron chi connectivity index (χ1n) is 6.16. The van der Waals surface area contributed by atoms with Crippen LogP contribution in [0.1, 0.15) is 25.8 Å². The quantitative estimate of drug-likeness (QED) is 0.602. The minimum absolute atomic E-state index is 0.246. The summed E-state index contributed by atoms with van der Waals surface area (Å²) in [6.45, 7) is 3.88. The van der Waals surface area contributed by atoms with Crippen LogP contribution < -0.4 is 10.5 Å². The molecule has 1 rings (SSSR count). The normalized spacial score (nSPS) is 12.2. The molecule has 1 aromatic rings. The first kappa shape index (κ1) is 15.2. The van der Waals surface area contributed by atoms with Crippen LogP contribution >= 0.6 is 0 Å². The largest absolute Gasteiger partial charge is 0.480 e. The summed E-state index contributed by atoms with van der Waals surface area (Å²) in [7, 11) is 0. The second-order valence-corrected chi connectivity index (χ2v) is 4.86. The van der Waals surface area contributed by atoms with E-state index in [4.69, 9.17) is 15.6 Å². The third kappa shape index (κ3) is 5.52. The molecule has 0 fully saturated rings. The topological polar surface area (TPSA) is 89.6 Å². The number of carboxylic acid groups (broad SMARTS) is 1. The average molecular weight is 265 g/mol. The number of benzene rings is 1. The molecule has 0 spiro atoms. The van der Waals surface area contributed by atoms with E-state index < -0.39 is 12.0 Å². The lowest BCUT2D eigenvalue weighted by molar-refractivity contribution is -0.138. The lowest BCUT2D eigenvalue weighted by Gasteiger charge is -2.08. The molecule has 0 radical (unpaired) electrons. The highest BCUT2D eigenvalue weighted by Gasteiger charge is 2.12. The van der Waals surface area contributed by atoms with E-state index in [2.05, 4.69) is 0 Å². The number of nitrogens with two attached hydrogens (primary N) is 1. The van der Waals surface area contributed by atoms with Crippen LogP contribution in [0.5, 0.6) is 5.75 Å². The van der Waals surface area contributed by atoms with Gasteiger partial charge in [-0.25, -0.2) is 0 Å². The Morgan fingerprint density at radius 2 is 1.84 bits per heavy atom. The van der Waals surface area contributed by atoms with Crippen molar-refractivity contribution >= 4 is 11.9 Å². The third-order valence-electron chi connectivity index (χ3n) is 2.50. The van der Waals surface area contributed by atoms with Crippen molar-refractivity contribution < 1.29 is 19.4 Å². The van der Waals surface area contributed by atoms with Crippen molar-refractivity contribution in [2.24, 2.45) is 11.7 Å². The maximum absolute atomic E-state index is 11.5. The Morgan fingerprint density at radius 1 is 1.26 bits per heavy atom. The van der Waals surface area contributed by atoms with E-state index >= 15 is 0 Å². The van der Waals surface area contributed by atoms with Crippen LogP contribution in [-0.2, 0) is 16.0 Å². The summed E-state index contributed by atoms with van der Waals surface area (Å²) < 4.78 is 5.15. The van der Waals surface area contributed by atoms with Gasteiger partial charge in [0.05, 0.1) is 0 Å². The molecule has 0 saturated heterocycles. The van der Waals surface area contributed by atoms with Gasteiger partial charge in [-0.15, -0.1) is 0 Å². The number of rotatable bonds is 6. The molecular formula is C14H19NO4. The van der Waals surface area contributed by atoms with Crippen LogP contribution in [0.15, 0.2) is 24.3 Å². The van der Waals surface area contributed by atoms with Crippen LogP contribution in [0.3, 0.4) is 0 Å². The fourth-order valence-corrected chi connectivity index (χ4v) is 1.54. The van der Waals surface area contributed by atoms with Crippen molar-refractivity contribution in [3.8, 4) is 5.75 Å². The Hall–Kier alpha value is -1.88. The Morgan fingerprint density at radius 3 is 2.32 bits per heavy atom. The standard InChI is InChI=1S/C14H19NO4/c1-9(2)7-13(16)19-11-5-3-10(4-6-11)8-12(15)14(17)18/h3-6,9,12H,7-8,15H2,1-2H3,(H,17,18)/t12-/m0/s1. The van der Waals surface area contributed by atoms with Crippen LogP contribution in [0.25, 0.3) is 0 Å². The van der Waals surface area contributed by atoms with Gasteiger partial charge in [-0.2, -0.15) is 0 Å². The smallest absolute Gasteiger partial charge is 0.320 e. The number of carbonyl (C=O) groups excluding carboxylic acids is 1. The Bertz CT molecular complexity index is 439. The number of hydrogen-bond donors (Lipinski definition) is 2. The zero-order valence-electron chi connectivity index (χ0n) is 11.1. The van der Waals surface area contributed by atoms with Gasteiger partial charge in [0.25, 0.3) is 0 Å². The van der Waals surface area contributed by atoms with Crippen LogP contribution in [-0.4, -0.2) is 23.1 Å². The summed E-state index contributed by atoms with van der Waals surface area (Å²) in [4.78, 5) is 22.1. The van der Waals surface area contributed by atoms with Gasteiger partial charge in [0.2, 0.25) is 0 Å². The summed E-state index contributed by atoms with van der Waals surface area (Å²) >= 11 is 0. The number of hydrogen-bond acceptors (Lipinski definition) is 4. The predicted octanol–water partition coefficient (Wildman–Crippen LogP) is 1.59. The van der Waals surface area contributed by atoms with E-state index in [0.717, 1.165) is 5.56 Å². The molecule has 5 nitrogen and oxygen atoms in total. The summed E-state index contributed by atoms with van der Waals surface area (Å²) in [5.74, 6) is -0.601. The molecule has 0 amide bonds. The lowest BCUT2D eigenvalue weighted by Crippen LogP contribution is -2.32. The summed E-state index contributed by atoms with van der Waals surface area (Å²) in [6.07, 6.45) is 0.612. The Kier molecular flexibility index (Phi) is 5.51. The van der Waals surface area contributed by atoms with E-state index in [-0.39, 0.29) is 18.3 Å². The fourth-order valence-electron chi connectivity index (χ4n) is 1.54. The molecule has 0 aliphatic rings. The maximum atomic E-state index is 11.5. The summed E-state index contributed by atoms with van der Waals surface area (Å²) in [6, 6.07) is 5.78. The average Bonchev–Trinajstić information content (AvgIpc) is 2.30. The second-order valence-electron chi connectivity index (χ2n) is 4.86. The van der Waals surface area contributed by atoms with E-state index in [9.17, 15) is 9.59 Å². The molecular weight excluding hydrogens is 246 g/mol. The van der Waals surface area contributed by atoms with Crippen LogP contribution in [0.4, 0.5) is 0 Å². The number of aliphatic carboxylic acids is 1. The van der Waals surface area contributed by atoms with Gasteiger partial charge < -0.3 is 15.6 Å². The van der Waals surface area contributed by atoms with Crippen molar-refractivity contribution in [3.05, 3.63) is 29.8 Å². The van der Waals surface area contributed by atoms with E-state index in [0.29, 0.717) is 12.2 Å². The second kappa shape index (κ2) is 6.89. The van der Waals surface area contributed by atoms with Gasteiger partial charge >= 0.3 is 11.9 Å². The highest BCUT2D eigenvalue weighted by atomic mass is 16.5. The van der Waals surface area contributed by atoms with Crippen LogP contribution in [0, 0.1) is 5.92 Å². The number of ether oxygens (including phenoxy) is 1. The molecule has 1 atom stereocenters. The first-order chi connectivity index (χ1) is 8.88. The molecule has 0 saturated carbocycles. The van der Waals surface area contributed by atoms with E-state index in [1.165, 1.54) is 0 Å². The van der Waals surface area contributed by atoms with Crippen LogP contribution in [0.2, 0.25) is 0 Å². The number of carboxylic acids is 1. The zero-order valence-corrected chi connectivity index (χ0v) is 11.1. The minimum atomic E-state index is -1.03.